The zero-order valence-corrected chi connectivity index (χ0v) is 37.8. The van der Waals surface area contributed by atoms with E-state index in [1.54, 1.807) is 0 Å². The first-order valence-corrected chi connectivity index (χ1v) is 24.0. The van der Waals surface area contributed by atoms with Crippen molar-refractivity contribution in [3.05, 3.63) is 94.1 Å². The second-order valence-corrected chi connectivity index (χ2v) is 24.4. The average molecular weight is 824 g/mol. The van der Waals surface area contributed by atoms with Gasteiger partial charge in [-0.2, -0.15) is 6.67 Å². The van der Waals surface area contributed by atoms with E-state index in [9.17, 15) is 0 Å². The first kappa shape index (κ1) is 43.5. The molecule has 0 spiro atoms. The van der Waals surface area contributed by atoms with Gasteiger partial charge in [-0.3, -0.25) is 0 Å². The number of benzene rings is 3. The van der Waals surface area contributed by atoms with E-state index < -0.39 is 13.5 Å². The molecule has 0 bridgehead atoms. The summed E-state index contributed by atoms with van der Waals surface area (Å²) in [5, 5.41) is 0. The van der Waals surface area contributed by atoms with Crippen molar-refractivity contribution in [1.29, 1.82) is 0 Å². The monoisotopic (exact) mass is 823 g/mol. The molecule has 1 heterocycles. The first-order chi connectivity index (χ1) is 23.3. The summed E-state index contributed by atoms with van der Waals surface area (Å²) in [6.07, 6.45) is 2.50. The van der Waals surface area contributed by atoms with Crippen molar-refractivity contribution in [3.63, 3.8) is 0 Å². The summed E-state index contributed by atoms with van der Waals surface area (Å²) in [5.74, 6) is 0.850. The van der Waals surface area contributed by atoms with Crippen molar-refractivity contribution < 1.29 is 18.3 Å². The van der Waals surface area contributed by atoms with Crippen molar-refractivity contribution in [3.8, 4) is 5.75 Å². The zero-order chi connectivity index (χ0) is 38.7. The average Bonchev–Trinajstić information content (AvgIpc) is 3.39. The van der Waals surface area contributed by atoms with Gasteiger partial charge in [-0.15, -0.1) is 0 Å². The van der Waals surface area contributed by atoms with Crippen LogP contribution in [0.25, 0.3) is 0 Å². The molecule has 1 aliphatic heterocycles. The van der Waals surface area contributed by atoms with Crippen LogP contribution in [0.4, 0.5) is 11.4 Å². The Hall–Kier alpha value is -1.87. The van der Waals surface area contributed by atoms with E-state index >= 15 is 0 Å². The van der Waals surface area contributed by atoms with Crippen LogP contribution in [0.15, 0.2) is 48.5 Å². The fourth-order valence-electron chi connectivity index (χ4n) is 8.30. The molecular weight excluding hydrogens is 756 g/mol. The van der Waals surface area contributed by atoms with E-state index in [0.717, 1.165) is 24.4 Å². The van der Waals surface area contributed by atoms with Crippen LogP contribution in [0.3, 0.4) is 0 Å². The number of hydrogen-bond acceptors (Lipinski definition) is 3. The Morgan fingerprint density at radius 2 is 1.06 bits per heavy atom. The summed E-state index contributed by atoms with van der Waals surface area (Å²) in [6.45, 7) is 41.2. The molecule has 3 aromatic carbocycles. The summed E-state index contributed by atoms with van der Waals surface area (Å²) >= 11 is -1.77. The number of nitrogens with zero attached hydrogens (tertiary/aromatic N) is 2. The SMILES string of the molecule is CC(C)Oc1ccccc1[CH]=[Ru]([Cl])[Cl].Cc1cc(C(C)(C)CC(C)(C)C)cc(C)c1N1[CH-]N(c2c(C)cc(C(C)(C)CC(C)(C)C)cc2C)CC1. The predicted molar refractivity (Wildman–Crippen MR) is 224 cm³/mol. The molecule has 0 saturated carbocycles. The molecule has 3 nitrogen and oxygen atoms in total. The third-order valence-corrected chi connectivity index (χ3v) is 11.2. The normalized spacial score (nSPS) is 14.5. The van der Waals surface area contributed by atoms with Crippen molar-refractivity contribution in [2.24, 2.45) is 10.8 Å². The van der Waals surface area contributed by atoms with Crippen LogP contribution in [-0.4, -0.2) is 23.8 Å². The van der Waals surface area contributed by atoms with E-state index in [1.807, 2.05) is 42.7 Å². The van der Waals surface area contributed by atoms with Gasteiger partial charge in [-0.05, 0) is 95.6 Å². The first-order valence-electron chi connectivity index (χ1n) is 18.5. The molecule has 0 unspecified atom stereocenters. The van der Waals surface area contributed by atoms with E-state index in [1.165, 1.54) is 57.6 Å². The van der Waals surface area contributed by atoms with E-state index in [2.05, 4.69) is 138 Å². The van der Waals surface area contributed by atoms with E-state index in [0.29, 0.717) is 10.8 Å². The third-order valence-electron chi connectivity index (χ3n) is 9.39. The molecule has 1 saturated heterocycles. The third kappa shape index (κ3) is 12.6. The van der Waals surface area contributed by atoms with Crippen LogP contribution in [-0.2, 0) is 24.3 Å². The van der Waals surface area contributed by atoms with E-state index in [-0.39, 0.29) is 16.9 Å². The maximum atomic E-state index is 5.82. The number of hydrogen-bond donors (Lipinski definition) is 0. The Morgan fingerprint density at radius 1 is 0.686 bits per heavy atom. The number of anilines is 2. The second-order valence-electron chi connectivity index (χ2n) is 18.7. The Bertz CT molecular complexity index is 1540. The van der Waals surface area contributed by atoms with Gasteiger partial charge in [0.2, 0.25) is 0 Å². The fourth-order valence-corrected chi connectivity index (χ4v) is 10.1. The smallest absolute Gasteiger partial charge is 0.0146 e. The van der Waals surface area contributed by atoms with Gasteiger partial charge in [0, 0.05) is 24.5 Å². The van der Waals surface area contributed by atoms with Crippen LogP contribution in [0.5, 0.6) is 5.75 Å². The van der Waals surface area contributed by atoms with Gasteiger partial charge in [-0.1, -0.05) is 93.5 Å². The van der Waals surface area contributed by atoms with Gasteiger partial charge in [0.25, 0.3) is 0 Å². The van der Waals surface area contributed by atoms with Crippen molar-refractivity contribution in [2.75, 3.05) is 22.9 Å². The molecule has 0 aromatic heterocycles. The van der Waals surface area contributed by atoms with Crippen LogP contribution in [0.1, 0.15) is 135 Å². The van der Waals surface area contributed by atoms with Crippen LogP contribution >= 0.6 is 19.4 Å². The van der Waals surface area contributed by atoms with Crippen LogP contribution in [0.2, 0.25) is 0 Å². The molecular formula is C45H67Cl2N2ORu-. The van der Waals surface area contributed by atoms with Crippen molar-refractivity contribution >= 4 is 35.4 Å². The summed E-state index contributed by atoms with van der Waals surface area (Å²) in [6, 6.07) is 17.5. The molecule has 3 aromatic rings. The topological polar surface area (TPSA) is 15.7 Å². The number of ether oxygens (including phenoxy) is 1. The Balaban J connectivity index is 0.000000419. The maximum Gasteiger partial charge on any atom is 0.0146 e. The Labute approximate surface area is 326 Å². The van der Waals surface area contributed by atoms with Crippen LogP contribution in [0, 0.1) is 45.2 Å². The summed E-state index contributed by atoms with van der Waals surface area (Å²) in [5.41, 5.74) is 13.1. The molecule has 286 valence electrons. The number of aryl methyl sites for hydroxylation is 4. The van der Waals surface area contributed by atoms with Gasteiger partial charge < -0.3 is 9.80 Å². The number of halogens is 2. The van der Waals surface area contributed by atoms with Gasteiger partial charge in [0.15, 0.2) is 0 Å². The molecule has 0 aliphatic carbocycles. The number of rotatable bonds is 9. The standard InChI is InChI=1S/C35H55N2.C10H12O.2ClH.Ru/c1-24-17-28(34(11,12)21-32(5,6)7)18-25(2)30(24)36-15-16-37(23-36)31-26(3)19-29(20-27(31)4)35(13,14)22-33(8,9)10;1-8(2)11-10-7-5-4-6-9(10)3;;;/h17-20,23H,15-16,21-22H2,1-14H3;3-8H,1-2H3;2*1H;/q-1;;;;+2/p-2. The molecule has 51 heavy (non-hydrogen) atoms. The maximum absolute atomic E-state index is 5.82. The molecule has 0 N–H and O–H groups in total. The Morgan fingerprint density at radius 3 is 1.39 bits per heavy atom. The van der Waals surface area contributed by atoms with Crippen LogP contribution < -0.4 is 14.5 Å². The van der Waals surface area contributed by atoms with E-state index in [4.69, 9.17) is 24.1 Å². The molecule has 0 amide bonds. The van der Waals surface area contributed by atoms with Gasteiger partial charge in [-0.25, -0.2) is 0 Å². The quantitative estimate of drug-likeness (QED) is 0.158. The van der Waals surface area contributed by atoms with Crippen molar-refractivity contribution in [1.82, 2.24) is 0 Å². The minimum absolute atomic E-state index is 0.157. The minimum Gasteiger partial charge on any atom is -0.502 e. The second kappa shape index (κ2) is 17.1. The number of para-hydroxylation sites is 1. The molecule has 4 rings (SSSR count). The fraction of sp³-hybridized carbons (Fsp3) is 0.556. The molecule has 1 aliphatic rings. The summed E-state index contributed by atoms with van der Waals surface area (Å²) in [7, 11) is 11.6. The zero-order valence-electron chi connectivity index (χ0n) is 34.6. The van der Waals surface area contributed by atoms with Crippen molar-refractivity contribution in [2.45, 2.75) is 141 Å². The Kier molecular flexibility index (Phi) is 14.6. The summed E-state index contributed by atoms with van der Waals surface area (Å²) < 4.78 is 7.51. The molecule has 6 heteroatoms. The summed E-state index contributed by atoms with van der Waals surface area (Å²) in [4.78, 5) is 4.95. The minimum atomic E-state index is -1.77. The van der Waals surface area contributed by atoms with Gasteiger partial charge in [0.05, 0.1) is 0 Å². The molecule has 0 atom stereocenters. The largest absolute Gasteiger partial charge is 0.502 e. The molecule has 1 fully saturated rings. The predicted octanol–water partition coefficient (Wildman–Crippen LogP) is 13.3. The molecule has 0 radical (unpaired) electrons. The van der Waals surface area contributed by atoms with Gasteiger partial charge in [0.1, 0.15) is 0 Å². The van der Waals surface area contributed by atoms with Gasteiger partial charge >= 0.3 is 97.8 Å².